The fraction of sp³-hybridized carbons (Fsp3) is 0.375. The van der Waals surface area contributed by atoms with Gasteiger partial charge in [-0.25, -0.2) is 0 Å². The summed E-state index contributed by atoms with van der Waals surface area (Å²) in [6.45, 7) is 3.21. The molecule has 0 saturated heterocycles. The lowest BCUT2D eigenvalue weighted by Crippen LogP contribution is -2.29. The first-order valence-electron chi connectivity index (χ1n) is 3.70. The van der Waals surface area contributed by atoms with E-state index in [1.165, 1.54) is 0 Å². The number of carboxylic acids is 2. The number of carbonyl (C=O) groups excluding carboxylic acids is 1. The molecule has 2 unspecified atom stereocenters. The smallest absolute Gasteiger partial charge is 0.311 e. The molecule has 6 heteroatoms. The van der Waals surface area contributed by atoms with Crippen molar-refractivity contribution >= 4 is 29.7 Å². The average molecular weight is 218 g/mol. The molecular formula is C8H10O5S. The molecule has 5 nitrogen and oxygen atoms in total. The van der Waals surface area contributed by atoms with Gasteiger partial charge in [0, 0.05) is 6.42 Å². The van der Waals surface area contributed by atoms with Crippen molar-refractivity contribution in [1.82, 2.24) is 0 Å². The van der Waals surface area contributed by atoms with Crippen LogP contribution in [0.15, 0.2) is 12.7 Å². The molecule has 0 heterocycles. The summed E-state index contributed by atoms with van der Waals surface area (Å²) in [6.07, 6.45) is 0.569. The molecule has 2 N–H and O–H groups in total. The molecule has 0 aromatic rings. The van der Waals surface area contributed by atoms with Gasteiger partial charge < -0.3 is 10.2 Å². The Labute approximate surface area is 85.8 Å². The normalized spacial score (nSPS) is 14.1. The molecule has 0 saturated carbocycles. The first-order chi connectivity index (χ1) is 6.40. The van der Waals surface area contributed by atoms with Crippen LogP contribution in [0.2, 0.25) is 0 Å². The largest absolute Gasteiger partial charge is 0.481 e. The van der Waals surface area contributed by atoms with E-state index in [1.807, 2.05) is 0 Å². The monoisotopic (exact) mass is 218 g/mol. The van der Waals surface area contributed by atoms with Crippen LogP contribution < -0.4 is 0 Å². The Morgan fingerprint density at radius 2 is 1.79 bits per heavy atom. The van der Waals surface area contributed by atoms with Crippen molar-refractivity contribution in [3.63, 3.8) is 0 Å². The number of thiol groups is 1. The van der Waals surface area contributed by atoms with Crippen molar-refractivity contribution in [2.24, 2.45) is 11.8 Å². The van der Waals surface area contributed by atoms with Gasteiger partial charge in [-0.3, -0.25) is 14.4 Å². The van der Waals surface area contributed by atoms with Crippen molar-refractivity contribution in [3.05, 3.63) is 12.7 Å². The second kappa shape index (κ2) is 5.43. The van der Waals surface area contributed by atoms with Crippen molar-refractivity contribution in [1.29, 1.82) is 0 Å². The molecule has 0 fully saturated rings. The highest BCUT2D eigenvalue weighted by Crippen LogP contribution is 2.19. The van der Waals surface area contributed by atoms with Crippen molar-refractivity contribution in [3.8, 4) is 0 Å². The molecule has 0 rings (SSSR count). The summed E-state index contributed by atoms with van der Waals surface area (Å²) in [6, 6.07) is 0. The van der Waals surface area contributed by atoms with Crippen LogP contribution in [0.1, 0.15) is 6.42 Å². The summed E-state index contributed by atoms with van der Waals surface area (Å²) in [5.41, 5.74) is 0. The number of rotatable bonds is 6. The van der Waals surface area contributed by atoms with E-state index in [0.29, 0.717) is 0 Å². The van der Waals surface area contributed by atoms with Gasteiger partial charge in [-0.2, -0.15) is 0 Å². The highest BCUT2D eigenvalue weighted by atomic mass is 32.1. The highest BCUT2D eigenvalue weighted by Gasteiger charge is 2.32. The lowest BCUT2D eigenvalue weighted by atomic mass is 9.90. The van der Waals surface area contributed by atoms with E-state index < -0.39 is 35.3 Å². The fourth-order valence-corrected chi connectivity index (χ4v) is 1.19. The Kier molecular flexibility index (Phi) is 4.93. The minimum Gasteiger partial charge on any atom is -0.481 e. The molecular weight excluding hydrogens is 208 g/mol. The van der Waals surface area contributed by atoms with E-state index >= 15 is 0 Å². The van der Waals surface area contributed by atoms with E-state index in [1.54, 1.807) is 0 Å². The summed E-state index contributed by atoms with van der Waals surface area (Å²) in [5, 5.41) is 16.6. The maximum absolute atomic E-state index is 10.6. The molecule has 0 aliphatic heterocycles. The van der Waals surface area contributed by atoms with Crippen molar-refractivity contribution in [2.75, 3.05) is 0 Å². The quantitative estimate of drug-likeness (QED) is 0.444. The Morgan fingerprint density at radius 1 is 1.29 bits per heavy atom. The molecule has 0 aromatic heterocycles. The Hall–Kier alpha value is -1.30. The van der Waals surface area contributed by atoms with E-state index in [2.05, 4.69) is 19.2 Å². The van der Waals surface area contributed by atoms with Crippen LogP contribution in [0.5, 0.6) is 0 Å². The topological polar surface area (TPSA) is 91.7 Å². The van der Waals surface area contributed by atoms with Gasteiger partial charge in [-0.1, -0.05) is 6.08 Å². The zero-order valence-corrected chi connectivity index (χ0v) is 8.11. The number of carbonyl (C=O) groups is 3. The van der Waals surface area contributed by atoms with Crippen LogP contribution in [-0.2, 0) is 14.4 Å². The third-order valence-electron chi connectivity index (χ3n) is 1.68. The summed E-state index contributed by atoms with van der Waals surface area (Å²) < 4.78 is 0. The second-order valence-corrected chi connectivity index (χ2v) is 3.14. The second-order valence-electron chi connectivity index (χ2n) is 2.64. The van der Waals surface area contributed by atoms with Crippen LogP contribution in [0.3, 0.4) is 0 Å². The molecule has 0 radical (unpaired) electrons. The predicted octanol–water partition coefficient (Wildman–Crippen LogP) is 0.420. The van der Waals surface area contributed by atoms with Gasteiger partial charge in [-0.05, 0) is 0 Å². The minimum atomic E-state index is -1.35. The molecule has 0 spiro atoms. The molecule has 2 atom stereocenters. The van der Waals surface area contributed by atoms with Crippen molar-refractivity contribution < 1.29 is 24.6 Å². The number of aliphatic carboxylic acids is 2. The van der Waals surface area contributed by atoms with E-state index in [-0.39, 0.29) is 0 Å². The summed E-state index contributed by atoms with van der Waals surface area (Å²) in [5.74, 6) is -5.25. The number of hydrogen-bond donors (Lipinski definition) is 3. The molecule has 0 aliphatic rings. The van der Waals surface area contributed by atoms with E-state index in [0.717, 1.165) is 6.08 Å². The van der Waals surface area contributed by atoms with Gasteiger partial charge in [0.2, 0.25) is 0 Å². The summed E-state index contributed by atoms with van der Waals surface area (Å²) >= 11 is 3.40. The van der Waals surface area contributed by atoms with Crippen molar-refractivity contribution in [2.45, 2.75) is 6.42 Å². The first kappa shape index (κ1) is 12.7. The Bertz CT molecular complexity index is 273. The Balaban J connectivity index is 4.78. The van der Waals surface area contributed by atoms with Gasteiger partial charge in [0.15, 0.2) is 5.12 Å². The maximum Gasteiger partial charge on any atom is 0.311 e. The number of carboxylic acid groups (broad SMARTS) is 2. The molecule has 0 aliphatic carbocycles. The van der Waals surface area contributed by atoms with Gasteiger partial charge in [0.05, 0.1) is 11.8 Å². The van der Waals surface area contributed by atoms with Crippen LogP contribution >= 0.6 is 12.6 Å². The fourth-order valence-electron chi connectivity index (χ4n) is 0.993. The van der Waals surface area contributed by atoms with Crippen LogP contribution in [0.25, 0.3) is 0 Å². The zero-order valence-electron chi connectivity index (χ0n) is 7.21. The molecule has 78 valence electrons. The maximum atomic E-state index is 10.6. The average Bonchev–Trinajstić information content (AvgIpc) is 2.02. The molecule has 0 aromatic carbocycles. The predicted molar refractivity (Wildman–Crippen MR) is 51.1 cm³/mol. The highest BCUT2D eigenvalue weighted by molar-refractivity contribution is 7.96. The number of hydrogen-bond acceptors (Lipinski definition) is 3. The minimum absolute atomic E-state index is 0.429. The van der Waals surface area contributed by atoms with Crippen LogP contribution in [0, 0.1) is 11.8 Å². The third-order valence-corrected chi connectivity index (χ3v) is 1.87. The zero-order chi connectivity index (χ0) is 11.3. The van der Waals surface area contributed by atoms with Gasteiger partial charge >= 0.3 is 11.9 Å². The van der Waals surface area contributed by atoms with Gasteiger partial charge in [0.25, 0.3) is 0 Å². The first-order valence-corrected chi connectivity index (χ1v) is 4.14. The molecule has 0 amide bonds. The molecule has 14 heavy (non-hydrogen) atoms. The SMILES string of the molecule is C=CC(C(=O)O)C(CC(=O)S)C(=O)O. The summed E-state index contributed by atoms with van der Waals surface area (Å²) in [7, 11) is 0. The van der Waals surface area contributed by atoms with Gasteiger partial charge in [-0.15, -0.1) is 19.2 Å². The summed E-state index contributed by atoms with van der Waals surface area (Å²) in [4.78, 5) is 31.8. The van der Waals surface area contributed by atoms with E-state index in [9.17, 15) is 14.4 Å². The van der Waals surface area contributed by atoms with Gasteiger partial charge in [0.1, 0.15) is 0 Å². The van der Waals surface area contributed by atoms with Crippen LogP contribution in [-0.4, -0.2) is 27.3 Å². The Morgan fingerprint density at radius 3 is 2.00 bits per heavy atom. The standard InChI is InChI=1S/C8H10O5S/c1-2-4(7(10)11)5(8(12)13)3-6(9)14/h2,4-5H,1,3H2,(H,9,14)(H,10,11)(H,12,13). The van der Waals surface area contributed by atoms with E-state index in [4.69, 9.17) is 10.2 Å². The third kappa shape index (κ3) is 3.61. The van der Waals surface area contributed by atoms with Crippen LogP contribution in [0.4, 0.5) is 0 Å². The lowest BCUT2D eigenvalue weighted by molar-refractivity contribution is -0.152. The lowest BCUT2D eigenvalue weighted by Gasteiger charge is -2.14. The molecule has 0 bridgehead atoms.